The van der Waals surface area contributed by atoms with Crippen molar-refractivity contribution in [2.24, 2.45) is 22.7 Å². The summed E-state index contributed by atoms with van der Waals surface area (Å²) in [5.41, 5.74) is -4.01. The number of aliphatic imine (C=N–C) groups is 1. The van der Waals surface area contributed by atoms with Crippen LogP contribution in [0.15, 0.2) is 4.99 Å². The van der Waals surface area contributed by atoms with Crippen molar-refractivity contribution in [2.75, 3.05) is 21.2 Å². The first-order valence-corrected chi connectivity index (χ1v) is 18.7. The molecule has 0 saturated carbocycles. The molecule has 4 rings (SSSR count). The predicted octanol–water partition coefficient (Wildman–Crippen LogP) is 2.41. The van der Waals surface area contributed by atoms with Crippen LogP contribution in [0.1, 0.15) is 94.9 Å². The van der Waals surface area contributed by atoms with E-state index in [0.717, 1.165) is 0 Å². The van der Waals surface area contributed by atoms with Crippen LogP contribution in [0.4, 0.5) is 0 Å². The van der Waals surface area contributed by atoms with E-state index in [4.69, 9.17) is 38.2 Å². The zero-order valence-corrected chi connectivity index (χ0v) is 32.9. The van der Waals surface area contributed by atoms with E-state index in [0.29, 0.717) is 12.8 Å². The van der Waals surface area contributed by atoms with Crippen LogP contribution in [-0.2, 0) is 38.0 Å². The lowest BCUT2D eigenvalue weighted by atomic mass is 9.78. The van der Waals surface area contributed by atoms with Gasteiger partial charge in [-0.1, -0.05) is 20.8 Å². The quantitative estimate of drug-likeness (QED) is 0.281. The first-order chi connectivity index (χ1) is 23.6. The predicted molar refractivity (Wildman–Crippen MR) is 188 cm³/mol. The topological polar surface area (TPSA) is 178 Å². The second kappa shape index (κ2) is 16.1. The number of esters is 1. The molecule has 296 valence electrons. The molecule has 4 heterocycles. The Morgan fingerprint density at radius 3 is 2.18 bits per heavy atom. The number of aliphatic hydroxyl groups excluding tert-OH is 3. The Bertz CT molecular complexity index is 1220. The highest BCUT2D eigenvalue weighted by molar-refractivity contribution is 5.80. The average molecular weight is 731 g/mol. The highest BCUT2D eigenvalue weighted by Gasteiger charge is 2.55. The molecule has 0 aliphatic carbocycles. The highest BCUT2D eigenvalue weighted by Crippen LogP contribution is 2.43. The third kappa shape index (κ3) is 8.60. The zero-order chi connectivity index (χ0) is 38.4. The van der Waals surface area contributed by atoms with E-state index in [2.05, 4.69) is 0 Å². The normalized spacial score (nSPS) is 50.3. The van der Waals surface area contributed by atoms with Gasteiger partial charge in [-0.25, -0.2) is 0 Å². The molecule has 14 nitrogen and oxygen atoms in total. The van der Waals surface area contributed by atoms with Crippen molar-refractivity contribution in [2.45, 2.75) is 185 Å². The second-order valence-corrected chi connectivity index (χ2v) is 16.5. The van der Waals surface area contributed by atoms with Crippen LogP contribution >= 0.6 is 0 Å². The fourth-order valence-electron chi connectivity index (χ4n) is 8.63. The van der Waals surface area contributed by atoms with E-state index in [9.17, 15) is 25.2 Å². The molecule has 4 N–H and O–H groups in total. The third-order valence-electron chi connectivity index (χ3n) is 11.9. The minimum Gasteiger partial charge on any atom is -0.472 e. The van der Waals surface area contributed by atoms with E-state index in [1.54, 1.807) is 34.6 Å². The second-order valence-electron chi connectivity index (χ2n) is 16.5. The monoisotopic (exact) mass is 730 g/mol. The number of nitrogens with zero attached hydrogens (tertiary/aromatic N) is 2. The maximum atomic E-state index is 14.2. The van der Waals surface area contributed by atoms with Gasteiger partial charge in [-0.3, -0.25) is 9.79 Å². The number of cyclic esters (lactones) is 1. The van der Waals surface area contributed by atoms with Gasteiger partial charge in [-0.15, -0.1) is 0 Å². The molecule has 14 heteroatoms. The summed E-state index contributed by atoms with van der Waals surface area (Å²) in [4.78, 5) is 20.9. The molecule has 0 amide bonds. The standard InChI is InChI=1S/C37H66N2O12/c1-14-25-37(10,44)29(41)22(6)32-38-18(2)16-36(9,51-32)31(50-34-27(40)24(39(11)12)15-19(3)46-34)20(4)28(21(5)33(43)48-25)49-26-17-35(8,45-13)30(42)23(7)47-26/h18-31,34,40-42,44H,14-17H2,1-13H3/t18-,19-,20+,21-,22-,23-,24-,25-,26-,27-,28+,29-,30-,31-,34+,35+,36+,37-/m1/s1. The molecule has 0 aromatic heterocycles. The van der Waals surface area contributed by atoms with E-state index < -0.39 is 95.8 Å². The smallest absolute Gasteiger partial charge is 0.311 e. The number of carbonyl (C=O) groups excluding carboxylic acids is 1. The van der Waals surface area contributed by atoms with Crippen LogP contribution in [0.25, 0.3) is 0 Å². The maximum absolute atomic E-state index is 14.2. The molecule has 0 radical (unpaired) electrons. The number of hydrogen-bond donors (Lipinski definition) is 4. The summed E-state index contributed by atoms with van der Waals surface area (Å²) < 4.78 is 44.7. The Kier molecular flexibility index (Phi) is 13.4. The zero-order valence-electron chi connectivity index (χ0n) is 32.9. The van der Waals surface area contributed by atoms with Crippen molar-refractivity contribution < 1.29 is 58.4 Å². The van der Waals surface area contributed by atoms with Gasteiger partial charge in [0.1, 0.15) is 35.6 Å². The van der Waals surface area contributed by atoms with Crippen LogP contribution in [0.3, 0.4) is 0 Å². The Hall–Kier alpha value is -1.46. The largest absolute Gasteiger partial charge is 0.472 e. The van der Waals surface area contributed by atoms with Crippen molar-refractivity contribution in [1.82, 2.24) is 4.90 Å². The molecule has 4 aliphatic rings. The summed E-state index contributed by atoms with van der Waals surface area (Å²) in [7, 11) is 5.33. The molecule has 2 bridgehead atoms. The van der Waals surface area contributed by atoms with Gasteiger partial charge in [0, 0.05) is 31.9 Å². The SMILES string of the molecule is CC[C@H]1OC(=O)[C@H](C)[C@@H](O[C@@H]2C[C@](C)(OC)[C@H](O)[C@@H](C)O2)[C@H](C)[C@@H](O[C@@H]2O[C@H](C)C[C@@H](N(C)C)[C@H]2O)[C@]2(C)C[C@@H](C)N=C(O2)[C@H](C)[C@@H](O)[C@]1(C)O. The summed E-state index contributed by atoms with van der Waals surface area (Å²) in [5, 5.41) is 45.9. The molecule has 0 unspecified atom stereocenters. The first-order valence-electron chi connectivity index (χ1n) is 18.7. The fraction of sp³-hybridized carbons (Fsp3) is 0.946. The lowest BCUT2D eigenvalue weighted by Crippen LogP contribution is -2.62. The van der Waals surface area contributed by atoms with Gasteiger partial charge in [0.05, 0.1) is 47.9 Å². The van der Waals surface area contributed by atoms with Gasteiger partial charge in [-0.2, -0.15) is 0 Å². The number of methoxy groups -OCH3 is 1. The maximum Gasteiger partial charge on any atom is 0.311 e. The summed E-state index contributed by atoms with van der Waals surface area (Å²) in [6, 6.07) is -0.532. The van der Waals surface area contributed by atoms with Gasteiger partial charge in [0.25, 0.3) is 0 Å². The number of fused-ring (bicyclic) bond motifs is 2. The molecule has 18 atom stereocenters. The molecule has 51 heavy (non-hydrogen) atoms. The molecule has 0 aromatic carbocycles. The van der Waals surface area contributed by atoms with Gasteiger partial charge in [0.2, 0.25) is 0 Å². The summed E-state index contributed by atoms with van der Waals surface area (Å²) in [5.74, 6) is -2.80. The van der Waals surface area contributed by atoms with E-state index >= 15 is 0 Å². The Labute approximate surface area is 304 Å². The van der Waals surface area contributed by atoms with Crippen molar-refractivity contribution in [3.63, 3.8) is 0 Å². The number of aliphatic hydroxyl groups is 4. The van der Waals surface area contributed by atoms with E-state index in [1.165, 1.54) is 14.0 Å². The number of rotatable bonds is 7. The van der Waals surface area contributed by atoms with E-state index in [1.807, 2.05) is 46.7 Å². The van der Waals surface area contributed by atoms with Crippen LogP contribution in [0.2, 0.25) is 0 Å². The van der Waals surface area contributed by atoms with Gasteiger partial charge >= 0.3 is 5.97 Å². The first kappa shape index (κ1) is 42.3. The number of likely N-dealkylation sites (N-methyl/N-ethyl adjacent to an activating group) is 1. The summed E-state index contributed by atoms with van der Waals surface area (Å²) >= 11 is 0. The van der Waals surface area contributed by atoms with Gasteiger partial charge in [-0.05, 0) is 75.4 Å². The molecular formula is C37H66N2O12. The molecule has 3 saturated heterocycles. The van der Waals surface area contributed by atoms with Gasteiger partial charge < -0.3 is 58.5 Å². The number of ether oxygens (including phenoxy) is 7. The third-order valence-corrected chi connectivity index (χ3v) is 11.9. The molecule has 0 aromatic rings. The summed E-state index contributed by atoms with van der Waals surface area (Å²) in [6.07, 6.45) is -7.72. The fourth-order valence-corrected chi connectivity index (χ4v) is 8.63. The van der Waals surface area contributed by atoms with Crippen molar-refractivity contribution in [1.29, 1.82) is 0 Å². The lowest BCUT2D eigenvalue weighted by Gasteiger charge is -2.50. The van der Waals surface area contributed by atoms with Crippen LogP contribution in [-0.4, -0.2) is 149 Å². The van der Waals surface area contributed by atoms with Gasteiger partial charge in [0.15, 0.2) is 18.5 Å². The minimum absolute atomic E-state index is 0.162. The Balaban J connectivity index is 1.87. The minimum atomic E-state index is -1.87. The highest BCUT2D eigenvalue weighted by atomic mass is 16.7. The van der Waals surface area contributed by atoms with Crippen molar-refractivity contribution >= 4 is 11.9 Å². The molecular weight excluding hydrogens is 664 g/mol. The molecule has 3 fully saturated rings. The number of carbonyl (C=O) groups is 1. The average Bonchev–Trinajstić information content (AvgIpc) is 3.06. The van der Waals surface area contributed by atoms with Crippen LogP contribution in [0.5, 0.6) is 0 Å². The van der Waals surface area contributed by atoms with Crippen LogP contribution < -0.4 is 0 Å². The molecule has 0 spiro atoms. The summed E-state index contributed by atoms with van der Waals surface area (Å²) in [6.45, 7) is 17.8. The lowest BCUT2D eigenvalue weighted by molar-refractivity contribution is -0.317. The Morgan fingerprint density at radius 2 is 1.59 bits per heavy atom. The van der Waals surface area contributed by atoms with Crippen molar-refractivity contribution in [3.8, 4) is 0 Å². The Morgan fingerprint density at radius 1 is 0.941 bits per heavy atom. The van der Waals surface area contributed by atoms with Crippen molar-refractivity contribution in [3.05, 3.63) is 0 Å². The molecule has 4 aliphatic heterocycles. The van der Waals surface area contributed by atoms with E-state index in [-0.39, 0.29) is 36.9 Å². The van der Waals surface area contributed by atoms with Crippen LogP contribution in [0, 0.1) is 17.8 Å². The number of hydrogen-bond acceptors (Lipinski definition) is 14.